The molecule has 1 N–H and O–H groups in total. The summed E-state index contributed by atoms with van der Waals surface area (Å²) in [6, 6.07) is 7.59. The van der Waals surface area contributed by atoms with E-state index >= 15 is 0 Å². The SMILES string of the molecule is COc1cc(CCc2cc(C(C)=O)n[nH]2)cc(OC)c1. The zero-order valence-corrected chi connectivity index (χ0v) is 11.9. The molecule has 20 heavy (non-hydrogen) atoms. The highest BCUT2D eigenvalue weighted by molar-refractivity contribution is 5.92. The van der Waals surface area contributed by atoms with Gasteiger partial charge in [0.25, 0.3) is 0 Å². The molecule has 5 heteroatoms. The Morgan fingerprint density at radius 1 is 1.10 bits per heavy atom. The lowest BCUT2D eigenvalue weighted by Crippen LogP contribution is -1.95. The Morgan fingerprint density at radius 3 is 2.25 bits per heavy atom. The normalized spacial score (nSPS) is 10.3. The summed E-state index contributed by atoms with van der Waals surface area (Å²) in [7, 11) is 3.26. The molecule has 2 aromatic rings. The number of nitrogens with zero attached hydrogens (tertiary/aromatic N) is 1. The van der Waals surface area contributed by atoms with Gasteiger partial charge in [0.2, 0.25) is 0 Å². The average molecular weight is 274 g/mol. The van der Waals surface area contributed by atoms with Crippen LogP contribution >= 0.6 is 0 Å². The van der Waals surface area contributed by atoms with Gasteiger partial charge in [0.1, 0.15) is 17.2 Å². The van der Waals surface area contributed by atoms with Crippen LogP contribution in [0.25, 0.3) is 0 Å². The fourth-order valence-corrected chi connectivity index (χ4v) is 1.96. The number of ketones is 1. The third kappa shape index (κ3) is 3.38. The molecule has 2 rings (SSSR count). The molecule has 106 valence electrons. The van der Waals surface area contributed by atoms with Gasteiger partial charge in [-0.05, 0) is 36.6 Å². The number of hydrogen-bond acceptors (Lipinski definition) is 4. The Bertz CT molecular complexity index is 583. The molecule has 1 aromatic carbocycles. The predicted molar refractivity (Wildman–Crippen MR) is 75.5 cm³/mol. The van der Waals surface area contributed by atoms with Gasteiger partial charge in [-0.3, -0.25) is 9.89 Å². The highest BCUT2D eigenvalue weighted by atomic mass is 16.5. The van der Waals surface area contributed by atoms with Gasteiger partial charge in [-0.2, -0.15) is 5.10 Å². The number of nitrogens with one attached hydrogen (secondary N) is 1. The van der Waals surface area contributed by atoms with Crippen LogP contribution in [-0.4, -0.2) is 30.2 Å². The number of benzene rings is 1. The standard InChI is InChI=1S/C15H18N2O3/c1-10(18)15-8-12(16-17-15)5-4-11-6-13(19-2)9-14(7-11)20-3/h6-9H,4-5H2,1-3H3,(H,16,17). The molecule has 0 atom stereocenters. The minimum Gasteiger partial charge on any atom is -0.497 e. The number of carbonyl (C=O) groups is 1. The van der Waals surface area contributed by atoms with E-state index in [0.717, 1.165) is 35.6 Å². The summed E-state index contributed by atoms with van der Waals surface area (Å²) < 4.78 is 10.5. The van der Waals surface area contributed by atoms with Crippen molar-refractivity contribution in [2.45, 2.75) is 19.8 Å². The van der Waals surface area contributed by atoms with E-state index in [1.807, 2.05) is 18.2 Å². The van der Waals surface area contributed by atoms with Crippen LogP contribution in [0.5, 0.6) is 11.5 Å². The highest BCUT2D eigenvalue weighted by Gasteiger charge is 2.07. The van der Waals surface area contributed by atoms with E-state index in [2.05, 4.69) is 10.2 Å². The van der Waals surface area contributed by atoms with Crippen molar-refractivity contribution in [2.75, 3.05) is 14.2 Å². The Balaban J connectivity index is 2.07. The van der Waals surface area contributed by atoms with Crippen molar-refractivity contribution in [2.24, 2.45) is 0 Å². The lowest BCUT2D eigenvalue weighted by Gasteiger charge is -2.07. The van der Waals surface area contributed by atoms with Crippen molar-refractivity contribution in [1.29, 1.82) is 0 Å². The number of aryl methyl sites for hydroxylation is 2. The largest absolute Gasteiger partial charge is 0.497 e. The number of H-pyrrole nitrogens is 1. The molecule has 0 unspecified atom stereocenters. The van der Waals surface area contributed by atoms with Crippen molar-refractivity contribution < 1.29 is 14.3 Å². The number of ether oxygens (including phenoxy) is 2. The topological polar surface area (TPSA) is 64.2 Å². The first kappa shape index (κ1) is 14.1. The van der Waals surface area contributed by atoms with Gasteiger partial charge in [0.05, 0.1) is 14.2 Å². The molecular weight excluding hydrogens is 256 g/mol. The number of methoxy groups -OCH3 is 2. The summed E-state index contributed by atoms with van der Waals surface area (Å²) >= 11 is 0. The summed E-state index contributed by atoms with van der Waals surface area (Å²) in [4.78, 5) is 11.2. The zero-order chi connectivity index (χ0) is 14.5. The molecular formula is C15H18N2O3. The van der Waals surface area contributed by atoms with Gasteiger partial charge < -0.3 is 9.47 Å². The first-order valence-corrected chi connectivity index (χ1v) is 6.39. The molecule has 0 saturated heterocycles. The molecule has 0 saturated carbocycles. The van der Waals surface area contributed by atoms with E-state index in [4.69, 9.17) is 9.47 Å². The minimum atomic E-state index is -0.0319. The predicted octanol–water partition coefficient (Wildman–Crippen LogP) is 2.41. The fourth-order valence-electron chi connectivity index (χ4n) is 1.96. The van der Waals surface area contributed by atoms with Crippen molar-refractivity contribution in [3.8, 4) is 11.5 Å². The van der Waals surface area contributed by atoms with Crippen LogP contribution in [0, 0.1) is 0 Å². The lowest BCUT2D eigenvalue weighted by molar-refractivity contribution is 0.101. The molecule has 0 amide bonds. The van der Waals surface area contributed by atoms with Crippen LogP contribution in [0.2, 0.25) is 0 Å². The van der Waals surface area contributed by atoms with Crippen molar-refractivity contribution in [3.63, 3.8) is 0 Å². The third-order valence-electron chi connectivity index (χ3n) is 3.09. The van der Waals surface area contributed by atoms with Crippen LogP contribution in [0.3, 0.4) is 0 Å². The number of aromatic nitrogens is 2. The maximum Gasteiger partial charge on any atom is 0.179 e. The summed E-state index contributed by atoms with van der Waals surface area (Å²) in [6.07, 6.45) is 1.59. The maximum atomic E-state index is 11.2. The second-order valence-corrected chi connectivity index (χ2v) is 4.56. The van der Waals surface area contributed by atoms with Gasteiger partial charge in [-0.15, -0.1) is 0 Å². The van der Waals surface area contributed by atoms with E-state index < -0.39 is 0 Å². The fraction of sp³-hybridized carbons (Fsp3) is 0.333. The molecule has 1 heterocycles. The second kappa shape index (κ2) is 6.23. The zero-order valence-electron chi connectivity index (χ0n) is 11.9. The van der Waals surface area contributed by atoms with Crippen LogP contribution in [0.15, 0.2) is 24.3 Å². The molecule has 0 spiro atoms. The molecule has 0 aliphatic heterocycles. The minimum absolute atomic E-state index is 0.0319. The summed E-state index contributed by atoms with van der Waals surface area (Å²) in [5.74, 6) is 1.51. The highest BCUT2D eigenvalue weighted by Crippen LogP contribution is 2.23. The number of aromatic amines is 1. The summed E-state index contributed by atoms with van der Waals surface area (Å²) in [5, 5.41) is 6.85. The van der Waals surface area contributed by atoms with E-state index in [1.54, 1.807) is 20.3 Å². The molecule has 0 aliphatic carbocycles. The van der Waals surface area contributed by atoms with E-state index in [0.29, 0.717) is 5.69 Å². The molecule has 0 fully saturated rings. The molecule has 5 nitrogen and oxygen atoms in total. The van der Waals surface area contributed by atoms with Crippen molar-refractivity contribution in [1.82, 2.24) is 10.2 Å². The first-order valence-electron chi connectivity index (χ1n) is 6.39. The smallest absolute Gasteiger partial charge is 0.179 e. The van der Waals surface area contributed by atoms with Crippen molar-refractivity contribution in [3.05, 3.63) is 41.2 Å². The van der Waals surface area contributed by atoms with E-state index in [1.165, 1.54) is 6.92 Å². The number of hydrogen-bond donors (Lipinski definition) is 1. The lowest BCUT2D eigenvalue weighted by atomic mass is 10.1. The molecule has 0 radical (unpaired) electrons. The van der Waals surface area contributed by atoms with Crippen molar-refractivity contribution >= 4 is 5.78 Å². The van der Waals surface area contributed by atoms with Gasteiger partial charge in [-0.1, -0.05) is 0 Å². The first-order chi connectivity index (χ1) is 9.62. The Hall–Kier alpha value is -2.30. The number of rotatable bonds is 6. The van der Waals surface area contributed by atoms with Crippen LogP contribution in [0.4, 0.5) is 0 Å². The molecule has 1 aromatic heterocycles. The maximum absolute atomic E-state index is 11.2. The Kier molecular flexibility index (Phi) is 4.40. The monoisotopic (exact) mass is 274 g/mol. The number of Topliss-reactive ketones (excluding diaryl/α,β-unsaturated/α-hetero) is 1. The average Bonchev–Trinajstić information content (AvgIpc) is 2.93. The van der Waals surface area contributed by atoms with Gasteiger partial charge in [0.15, 0.2) is 5.78 Å². The van der Waals surface area contributed by atoms with E-state index in [-0.39, 0.29) is 5.78 Å². The van der Waals surface area contributed by atoms with Crippen LogP contribution in [0.1, 0.15) is 28.7 Å². The Labute approximate surface area is 117 Å². The van der Waals surface area contributed by atoms with Gasteiger partial charge in [0, 0.05) is 18.7 Å². The summed E-state index contributed by atoms with van der Waals surface area (Å²) in [5.41, 5.74) is 2.53. The van der Waals surface area contributed by atoms with Gasteiger partial charge in [-0.25, -0.2) is 0 Å². The quantitative estimate of drug-likeness (QED) is 0.822. The molecule has 0 bridgehead atoms. The van der Waals surface area contributed by atoms with Crippen LogP contribution < -0.4 is 9.47 Å². The van der Waals surface area contributed by atoms with E-state index in [9.17, 15) is 4.79 Å². The summed E-state index contributed by atoms with van der Waals surface area (Å²) in [6.45, 7) is 1.51. The second-order valence-electron chi connectivity index (χ2n) is 4.56. The molecule has 0 aliphatic rings. The van der Waals surface area contributed by atoms with Gasteiger partial charge >= 0.3 is 0 Å². The van der Waals surface area contributed by atoms with Crippen LogP contribution in [-0.2, 0) is 12.8 Å². The Morgan fingerprint density at radius 2 is 1.75 bits per heavy atom. The third-order valence-corrected chi connectivity index (χ3v) is 3.09. The number of carbonyl (C=O) groups excluding carboxylic acids is 1.